The van der Waals surface area contributed by atoms with E-state index in [2.05, 4.69) is 46.3 Å². The van der Waals surface area contributed by atoms with E-state index >= 15 is 0 Å². The number of nitrogens with one attached hydrogen (secondary N) is 2. The molecule has 2 N–H and O–H groups in total. The Balaban J connectivity index is 1.34. The lowest BCUT2D eigenvalue weighted by Crippen LogP contribution is -2.48. The number of fused-ring (bicyclic) bond motifs is 1. The first-order chi connectivity index (χ1) is 14.8. The fourth-order valence-electron chi connectivity index (χ4n) is 4.53. The maximum Gasteiger partial charge on any atom is 0.271 e. The highest BCUT2D eigenvalue weighted by molar-refractivity contribution is 5.92. The van der Waals surface area contributed by atoms with Crippen LogP contribution in [0.15, 0.2) is 16.9 Å². The standard InChI is InChI=1S/C23H34N6O2/c1-23(2,3)20-14-19(25-26-20)22(31)24-15-17-8-4-5-10-28(17)11-12-29-21(30)13-16-7-6-9-18(16)27-29/h13-14,17H,4-12,15H2,1-3H3,(H,24,31)(H,25,26). The Morgan fingerprint density at radius 2 is 2.03 bits per heavy atom. The van der Waals surface area contributed by atoms with Crippen molar-refractivity contribution in [3.05, 3.63) is 45.1 Å². The minimum absolute atomic E-state index is 0.00398. The van der Waals surface area contributed by atoms with Gasteiger partial charge in [0.05, 0.1) is 12.2 Å². The third kappa shape index (κ3) is 5.06. The largest absolute Gasteiger partial charge is 0.349 e. The third-order valence-corrected chi connectivity index (χ3v) is 6.49. The van der Waals surface area contributed by atoms with Crippen molar-refractivity contribution in [1.29, 1.82) is 0 Å². The van der Waals surface area contributed by atoms with Crippen LogP contribution in [0.25, 0.3) is 0 Å². The summed E-state index contributed by atoms with van der Waals surface area (Å²) in [7, 11) is 0. The van der Waals surface area contributed by atoms with Gasteiger partial charge in [-0.3, -0.25) is 19.6 Å². The molecular weight excluding hydrogens is 392 g/mol. The molecule has 1 fully saturated rings. The van der Waals surface area contributed by atoms with E-state index in [9.17, 15) is 9.59 Å². The van der Waals surface area contributed by atoms with E-state index in [4.69, 9.17) is 0 Å². The molecule has 0 saturated carbocycles. The molecule has 0 spiro atoms. The molecule has 2 aromatic heterocycles. The minimum atomic E-state index is -0.145. The zero-order valence-electron chi connectivity index (χ0n) is 18.9. The maximum atomic E-state index is 12.6. The highest BCUT2D eigenvalue weighted by Crippen LogP contribution is 2.21. The van der Waals surface area contributed by atoms with Gasteiger partial charge in [0.25, 0.3) is 11.5 Å². The summed E-state index contributed by atoms with van der Waals surface area (Å²) in [6.45, 7) is 9.18. The van der Waals surface area contributed by atoms with E-state index in [0.717, 1.165) is 68.6 Å². The van der Waals surface area contributed by atoms with E-state index in [1.165, 1.54) is 0 Å². The van der Waals surface area contributed by atoms with Crippen LogP contribution in [0.1, 0.15) is 73.9 Å². The van der Waals surface area contributed by atoms with Gasteiger partial charge >= 0.3 is 0 Å². The average Bonchev–Trinajstić information content (AvgIpc) is 3.40. The van der Waals surface area contributed by atoms with Gasteiger partial charge in [-0.1, -0.05) is 27.2 Å². The number of aromatic amines is 1. The SMILES string of the molecule is CC(C)(C)c1cc(C(=O)NCC2CCCCN2CCn2nc3c(cc2=O)CCC3)n[nH]1. The first-order valence-electron chi connectivity index (χ1n) is 11.5. The van der Waals surface area contributed by atoms with Crippen LogP contribution in [0, 0.1) is 0 Å². The highest BCUT2D eigenvalue weighted by Gasteiger charge is 2.25. The molecule has 1 saturated heterocycles. The molecule has 1 aliphatic carbocycles. The molecule has 2 aromatic rings. The molecule has 8 nitrogen and oxygen atoms in total. The van der Waals surface area contributed by atoms with E-state index in [-0.39, 0.29) is 22.9 Å². The molecule has 0 aromatic carbocycles. The summed E-state index contributed by atoms with van der Waals surface area (Å²) in [5.74, 6) is -0.145. The fourth-order valence-corrected chi connectivity index (χ4v) is 4.53. The van der Waals surface area contributed by atoms with Gasteiger partial charge in [-0.2, -0.15) is 10.2 Å². The van der Waals surface area contributed by atoms with E-state index in [0.29, 0.717) is 18.8 Å². The number of amides is 1. The number of nitrogens with zero attached hydrogens (tertiary/aromatic N) is 4. The Kier molecular flexibility index (Phi) is 6.27. The van der Waals surface area contributed by atoms with Crippen LogP contribution >= 0.6 is 0 Å². The quantitative estimate of drug-likeness (QED) is 0.737. The summed E-state index contributed by atoms with van der Waals surface area (Å²) in [5.41, 5.74) is 3.50. The fraction of sp³-hybridized carbons (Fsp3) is 0.652. The van der Waals surface area contributed by atoms with E-state index in [1.54, 1.807) is 10.7 Å². The second-order valence-electron chi connectivity index (χ2n) is 9.84. The van der Waals surface area contributed by atoms with Gasteiger partial charge in [0.1, 0.15) is 5.69 Å². The molecule has 2 aliphatic rings. The second-order valence-corrected chi connectivity index (χ2v) is 9.84. The lowest BCUT2D eigenvalue weighted by molar-refractivity contribution is 0.0904. The maximum absolute atomic E-state index is 12.6. The lowest BCUT2D eigenvalue weighted by Gasteiger charge is -2.35. The predicted octanol–water partition coefficient (Wildman–Crippen LogP) is 2.04. The Hall–Kier alpha value is -2.48. The second kappa shape index (κ2) is 8.94. The van der Waals surface area contributed by atoms with Crippen molar-refractivity contribution in [3.8, 4) is 0 Å². The number of carbonyl (C=O) groups is 1. The van der Waals surface area contributed by atoms with Gasteiger partial charge in [0.15, 0.2) is 0 Å². The molecule has 1 atom stereocenters. The van der Waals surface area contributed by atoms with Gasteiger partial charge in [-0.25, -0.2) is 4.68 Å². The highest BCUT2D eigenvalue weighted by atomic mass is 16.2. The van der Waals surface area contributed by atoms with E-state index < -0.39 is 0 Å². The Labute approximate surface area is 183 Å². The van der Waals surface area contributed by atoms with Crippen molar-refractivity contribution in [1.82, 2.24) is 30.2 Å². The third-order valence-electron chi connectivity index (χ3n) is 6.49. The molecule has 0 bridgehead atoms. The average molecular weight is 427 g/mol. The number of piperidine rings is 1. The van der Waals surface area contributed by atoms with Gasteiger partial charge in [0.2, 0.25) is 0 Å². The van der Waals surface area contributed by atoms with Crippen molar-refractivity contribution in [2.75, 3.05) is 19.6 Å². The van der Waals surface area contributed by atoms with Crippen LogP contribution in [0.4, 0.5) is 0 Å². The van der Waals surface area contributed by atoms with Crippen LogP contribution in [-0.4, -0.2) is 56.5 Å². The number of aromatic nitrogens is 4. The molecule has 8 heteroatoms. The summed E-state index contributed by atoms with van der Waals surface area (Å²) in [4.78, 5) is 27.4. The van der Waals surface area contributed by atoms with Crippen molar-refractivity contribution >= 4 is 5.91 Å². The zero-order valence-corrected chi connectivity index (χ0v) is 18.9. The van der Waals surface area contributed by atoms with Crippen LogP contribution in [0.3, 0.4) is 0 Å². The van der Waals surface area contributed by atoms with Gasteiger partial charge in [-0.05, 0) is 50.3 Å². The number of carbonyl (C=O) groups excluding carboxylic acids is 1. The number of hydrogen-bond acceptors (Lipinski definition) is 5. The summed E-state index contributed by atoms with van der Waals surface area (Å²) in [5, 5.41) is 14.8. The Morgan fingerprint density at radius 1 is 1.19 bits per heavy atom. The van der Waals surface area contributed by atoms with E-state index in [1.807, 2.05) is 6.07 Å². The number of hydrogen-bond donors (Lipinski definition) is 2. The molecule has 4 rings (SSSR count). The summed E-state index contributed by atoms with van der Waals surface area (Å²) in [6, 6.07) is 3.86. The van der Waals surface area contributed by atoms with Crippen LogP contribution < -0.4 is 10.9 Å². The zero-order chi connectivity index (χ0) is 22.0. The molecule has 1 amide bonds. The molecule has 3 heterocycles. The topological polar surface area (TPSA) is 95.9 Å². The molecule has 31 heavy (non-hydrogen) atoms. The Morgan fingerprint density at radius 3 is 2.81 bits per heavy atom. The van der Waals surface area contributed by atoms with Crippen LogP contribution in [0.5, 0.6) is 0 Å². The van der Waals surface area contributed by atoms with Gasteiger partial charge < -0.3 is 5.32 Å². The molecular formula is C23H34N6O2. The molecule has 0 radical (unpaired) electrons. The van der Waals surface area contributed by atoms with Crippen LogP contribution in [-0.2, 0) is 24.8 Å². The number of likely N-dealkylation sites (tertiary alicyclic amines) is 1. The molecule has 1 unspecified atom stereocenters. The molecule has 1 aliphatic heterocycles. The lowest BCUT2D eigenvalue weighted by atomic mass is 9.92. The smallest absolute Gasteiger partial charge is 0.271 e. The minimum Gasteiger partial charge on any atom is -0.349 e. The number of H-pyrrole nitrogens is 1. The first kappa shape index (κ1) is 21.7. The number of rotatable bonds is 6. The number of aryl methyl sites for hydroxylation is 2. The van der Waals surface area contributed by atoms with Gasteiger partial charge in [-0.15, -0.1) is 0 Å². The first-order valence-corrected chi connectivity index (χ1v) is 11.5. The van der Waals surface area contributed by atoms with Gasteiger partial charge in [0, 0.05) is 36.3 Å². The monoisotopic (exact) mass is 426 g/mol. The molecule has 168 valence electrons. The van der Waals surface area contributed by atoms with Crippen molar-refractivity contribution < 1.29 is 4.79 Å². The predicted molar refractivity (Wildman–Crippen MR) is 119 cm³/mol. The Bertz CT molecular complexity index is 987. The normalized spacial score (nSPS) is 19.4. The summed E-state index contributed by atoms with van der Waals surface area (Å²) in [6.07, 6.45) is 6.38. The van der Waals surface area contributed by atoms with Crippen molar-refractivity contribution in [2.24, 2.45) is 0 Å². The van der Waals surface area contributed by atoms with Crippen LogP contribution in [0.2, 0.25) is 0 Å². The van der Waals surface area contributed by atoms with Crippen molar-refractivity contribution in [3.63, 3.8) is 0 Å². The summed E-state index contributed by atoms with van der Waals surface area (Å²) < 4.78 is 1.62. The summed E-state index contributed by atoms with van der Waals surface area (Å²) >= 11 is 0. The van der Waals surface area contributed by atoms with Crippen molar-refractivity contribution in [2.45, 2.75) is 77.3 Å².